The number of carbonyl (C=O) groups excluding carboxylic acids is 4. The van der Waals surface area contributed by atoms with Crippen LogP contribution < -0.4 is 25.1 Å². The van der Waals surface area contributed by atoms with Gasteiger partial charge in [-0.1, -0.05) is 23.3 Å². The van der Waals surface area contributed by atoms with Crippen LogP contribution in [0.2, 0.25) is 0 Å². The number of aliphatic hydroxyl groups excluding tert-OH is 5. The molecule has 9 atom stereocenters. The fraction of sp³-hybridized carbons (Fsp3) is 0.490. The Balaban J connectivity index is 1.01. The van der Waals surface area contributed by atoms with Crippen LogP contribution in [0.15, 0.2) is 69.8 Å². The predicted molar refractivity (Wildman–Crippen MR) is 278 cm³/mol. The molecule has 1 saturated heterocycles. The molecular formula is C49H57Br2F3N7O19S+. The van der Waals surface area contributed by atoms with Crippen LogP contribution in [0.1, 0.15) is 36.1 Å². The Bertz CT molecular complexity index is 3080. The van der Waals surface area contributed by atoms with Gasteiger partial charge in [0.25, 0.3) is 11.8 Å². The van der Waals surface area contributed by atoms with Crippen LogP contribution in [-0.4, -0.2) is 185 Å². The SMILES string of the molecule is NS(=O)(=O)OC[C@H]1C[C@@H](Cc2cc[n+](Cc3ccc(O[C@@H]4O[C@H](C(=O)O)[C@@H](O)[C@H](O)[C@H]4O)c(NC(=O)CCNC(=O)CCOCCOCCOCCN4C(=O)C(Br)=C(Br)C4=O)c3)c3cc(-c4cccc(C(F)(F)F)c4)nn23)[C@H](O)[C@@H]1O. The second-order valence-electron chi connectivity index (χ2n) is 18.8. The van der Waals surface area contributed by atoms with Crippen LogP contribution in [0.4, 0.5) is 18.9 Å². The molecule has 81 heavy (non-hydrogen) atoms. The average Bonchev–Trinajstić information content (AvgIpc) is 4.08. The Kier molecular flexibility index (Phi) is 21.5. The Morgan fingerprint density at radius 1 is 0.827 bits per heavy atom. The third-order valence-electron chi connectivity index (χ3n) is 13.2. The number of hydrogen-bond donors (Lipinski definition) is 9. The molecule has 4 amide bonds. The zero-order valence-electron chi connectivity index (χ0n) is 42.5. The number of amides is 4. The van der Waals surface area contributed by atoms with E-state index in [2.05, 4.69) is 51.8 Å². The van der Waals surface area contributed by atoms with Crippen LogP contribution in [0.3, 0.4) is 0 Å². The van der Waals surface area contributed by atoms with Crippen LogP contribution in [0, 0.1) is 11.8 Å². The minimum atomic E-state index is -4.69. The van der Waals surface area contributed by atoms with Gasteiger partial charge in [-0.25, -0.2) is 14.5 Å². The zero-order valence-corrected chi connectivity index (χ0v) is 46.5. The fourth-order valence-corrected chi connectivity index (χ4v) is 10.1. The number of alkyl halides is 3. The second kappa shape index (κ2) is 27.7. The number of hydrogen-bond acceptors (Lipinski definition) is 19. The first-order chi connectivity index (χ1) is 38.3. The lowest BCUT2D eigenvalue weighted by Crippen LogP contribution is -2.61. The number of nitrogens with zero attached hydrogens (tertiary/aromatic N) is 4. The number of nitrogens with one attached hydrogen (secondary N) is 2. The Morgan fingerprint density at radius 3 is 2.16 bits per heavy atom. The maximum atomic E-state index is 13.9. The number of carboxylic acid groups (broad SMARTS) is 1. The van der Waals surface area contributed by atoms with Crippen LogP contribution in [-0.2, 0) is 76.5 Å². The lowest BCUT2D eigenvalue weighted by molar-refractivity contribution is -0.665. The van der Waals surface area contributed by atoms with E-state index in [4.69, 9.17) is 28.8 Å². The molecule has 26 nitrogen and oxygen atoms in total. The quantitative estimate of drug-likeness (QED) is 0.0216. The van der Waals surface area contributed by atoms with Crippen molar-refractivity contribution in [2.24, 2.45) is 17.0 Å². The molecule has 2 fully saturated rings. The van der Waals surface area contributed by atoms with E-state index in [0.29, 0.717) is 16.9 Å². The highest BCUT2D eigenvalue weighted by Crippen LogP contribution is 2.37. The van der Waals surface area contributed by atoms with E-state index in [-0.39, 0.29) is 117 Å². The summed E-state index contributed by atoms with van der Waals surface area (Å²) < 4.78 is 100. The highest BCUT2D eigenvalue weighted by molar-refractivity contribution is 9.14. The summed E-state index contributed by atoms with van der Waals surface area (Å²) in [7, 11) is -4.37. The number of halogens is 5. The number of aromatic nitrogens is 3. The van der Waals surface area contributed by atoms with E-state index >= 15 is 0 Å². The van der Waals surface area contributed by atoms with Crippen LogP contribution >= 0.6 is 31.9 Å². The number of carbonyl (C=O) groups is 5. The summed E-state index contributed by atoms with van der Waals surface area (Å²) in [6.45, 7) is 0.161. The molecule has 0 unspecified atom stereocenters. The van der Waals surface area contributed by atoms with Crippen molar-refractivity contribution < 1.29 is 109 Å². The number of benzene rings is 2. The first kappa shape index (κ1) is 63.0. The minimum absolute atomic E-state index is 0.0143. The van der Waals surface area contributed by atoms with Gasteiger partial charge in [0.05, 0.1) is 88.5 Å². The summed E-state index contributed by atoms with van der Waals surface area (Å²) in [6, 6.07) is 11.9. The summed E-state index contributed by atoms with van der Waals surface area (Å²) in [6.07, 6.45) is -16.1. The minimum Gasteiger partial charge on any atom is -0.479 e. The van der Waals surface area contributed by atoms with Crippen molar-refractivity contribution in [1.29, 1.82) is 0 Å². The molecule has 2 aliphatic heterocycles. The monoisotopic (exact) mass is 1290 g/mol. The van der Waals surface area contributed by atoms with Crippen LogP contribution in [0.25, 0.3) is 16.9 Å². The van der Waals surface area contributed by atoms with E-state index < -0.39 is 113 Å². The largest absolute Gasteiger partial charge is 0.479 e. The Hall–Kier alpha value is -5.59. The molecule has 4 aromatic rings. The third kappa shape index (κ3) is 16.4. The van der Waals surface area contributed by atoms with Gasteiger partial charge in [-0.15, -0.1) is 4.52 Å². The van der Waals surface area contributed by atoms with Gasteiger partial charge in [0.2, 0.25) is 18.1 Å². The van der Waals surface area contributed by atoms with Gasteiger partial charge in [0.1, 0.15) is 51.0 Å². The van der Waals surface area contributed by atoms with E-state index in [1.165, 1.54) is 40.9 Å². The van der Waals surface area contributed by atoms with Crippen LogP contribution in [0.5, 0.6) is 5.75 Å². The Labute approximate surface area is 476 Å². The average molecular weight is 1300 g/mol. The number of aliphatic carboxylic acids is 1. The topological polar surface area (TPSA) is 371 Å². The lowest BCUT2D eigenvalue weighted by Gasteiger charge is -2.38. The summed E-state index contributed by atoms with van der Waals surface area (Å²) in [5.41, 5.74) is 0.350. The predicted octanol–water partition coefficient (Wildman–Crippen LogP) is 0.00230. The van der Waals surface area contributed by atoms with Crippen molar-refractivity contribution in [3.05, 3.63) is 86.6 Å². The van der Waals surface area contributed by atoms with E-state index in [0.717, 1.165) is 17.0 Å². The zero-order chi connectivity index (χ0) is 58.9. The number of carboxylic acids is 1. The number of nitrogens with two attached hydrogens (primary N) is 1. The summed E-state index contributed by atoms with van der Waals surface area (Å²) >= 11 is 6.11. The molecule has 442 valence electrons. The second-order valence-corrected chi connectivity index (χ2v) is 21.6. The van der Waals surface area contributed by atoms with E-state index in [1.54, 1.807) is 16.8 Å². The van der Waals surface area contributed by atoms with Gasteiger partial charge in [-0.2, -0.15) is 21.6 Å². The van der Waals surface area contributed by atoms with Gasteiger partial charge >= 0.3 is 28.1 Å². The number of aliphatic hydroxyl groups is 5. The summed E-state index contributed by atoms with van der Waals surface area (Å²) in [4.78, 5) is 63.1. The van der Waals surface area contributed by atoms with Crippen molar-refractivity contribution in [1.82, 2.24) is 19.8 Å². The molecule has 32 heteroatoms. The molecule has 0 bridgehead atoms. The summed E-state index contributed by atoms with van der Waals surface area (Å²) in [5.74, 6) is -5.46. The normalized spacial score (nSPS) is 23.4. The molecule has 1 aliphatic carbocycles. The first-order valence-electron chi connectivity index (χ1n) is 24.9. The van der Waals surface area contributed by atoms with Crippen molar-refractivity contribution >= 4 is 83.1 Å². The molecule has 2 aromatic carbocycles. The summed E-state index contributed by atoms with van der Waals surface area (Å²) in [5, 5.41) is 77.8. The molecule has 3 aliphatic rings. The van der Waals surface area contributed by atoms with Gasteiger partial charge in [0.15, 0.2) is 6.10 Å². The number of fused-ring (bicyclic) bond motifs is 1. The molecule has 10 N–H and O–H groups in total. The van der Waals surface area contributed by atoms with Crippen molar-refractivity contribution in [2.45, 2.75) is 81.3 Å². The fourth-order valence-electron chi connectivity index (χ4n) is 8.99. The number of rotatable bonds is 27. The van der Waals surface area contributed by atoms with Gasteiger partial charge in [-0.3, -0.25) is 28.3 Å². The number of ether oxygens (including phenoxy) is 5. The van der Waals surface area contributed by atoms with Crippen molar-refractivity contribution in [3.63, 3.8) is 0 Å². The molecule has 0 spiro atoms. The van der Waals surface area contributed by atoms with Gasteiger partial charge in [-0.05, 0) is 74.0 Å². The number of anilines is 1. The molecule has 4 heterocycles. The highest BCUT2D eigenvalue weighted by Gasteiger charge is 2.48. The third-order valence-corrected chi connectivity index (χ3v) is 15.6. The smallest absolute Gasteiger partial charge is 0.416 e. The maximum Gasteiger partial charge on any atom is 0.416 e. The molecule has 1 saturated carbocycles. The van der Waals surface area contributed by atoms with Gasteiger partial charge < -0.3 is 65.0 Å². The molecule has 7 rings (SSSR count). The standard InChI is InChI=1S/C49H56Br2F3N7O19S/c50-37-38(51)46(70)60(45(37)69)11-13-76-15-17-77-16-14-75-12-8-34(62)56-9-6-35(63)57-32-18-25(4-5-33(32)79-48-43(68)41(66)42(67)44(80-48)47(71)72)23-59-10-7-30(21-27-19-28(40(65)39(27)64)24-78-81(55,73)74)61-36(59)22-31(58-61)26-2-1-3-29(20-26)49(52,53)54/h1-5,7,10,18,20,22,27-28,39-44,48,64-68H,6,8-9,11-17,19,21,23-24H2,(H4-,55,56,57,62,63,71,72,73,74)/p+1/t27-,28+,39-,40+,41-,42-,43+,44-,48+/m0/s1. The maximum absolute atomic E-state index is 13.9. The highest BCUT2D eigenvalue weighted by atomic mass is 79.9. The molecule has 2 aromatic heterocycles. The lowest BCUT2D eigenvalue weighted by atomic mass is 9.98. The van der Waals surface area contributed by atoms with E-state index in [9.17, 15) is 76.2 Å². The number of imide groups is 1. The van der Waals surface area contributed by atoms with E-state index in [1.807, 2.05) is 0 Å². The van der Waals surface area contributed by atoms with Gasteiger partial charge in [0, 0.05) is 43.4 Å². The molecule has 0 radical (unpaired) electrons. The molecular weight excluding hydrogens is 1240 g/mol. The van der Waals surface area contributed by atoms with Crippen molar-refractivity contribution in [3.8, 4) is 17.0 Å². The first-order valence-corrected chi connectivity index (χ1v) is 27.9. The van der Waals surface area contributed by atoms with Crippen molar-refractivity contribution in [2.75, 3.05) is 64.7 Å². The Morgan fingerprint density at radius 2 is 1.49 bits per heavy atom.